The number of hydrogen-bond donors (Lipinski definition) is 0. The van der Waals surface area contributed by atoms with E-state index in [1.165, 1.54) is 11.8 Å². The second kappa shape index (κ2) is 12.6. The maximum Gasteiger partial charge on any atom is 0.410 e. The lowest BCUT2D eigenvalue weighted by atomic mass is 10.1. The van der Waals surface area contributed by atoms with Crippen LogP contribution in [0.3, 0.4) is 0 Å². The molecule has 0 spiro atoms. The molecule has 1 atom stereocenters. The number of carbonyl (C=O) groups excluding carboxylic acids is 2. The van der Waals surface area contributed by atoms with Crippen molar-refractivity contribution >= 4 is 29.8 Å². The molecular weight excluding hydrogens is 516 g/mol. The Balaban J connectivity index is 1.53. The van der Waals surface area contributed by atoms with Gasteiger partial charge in [-0.25, -0.2) is 26.1 Å². The number of benzene rings is 1. The fourth-order valence-corrected chi connectivity index (χ4v) is 5.15. The van der Waals surface area contributed by atoms with Gasteiger partial charge in [0.2, 0.25) is 6.54 Å². The van der Waals surface area contributed by atoms with Crippen LogP contribution in [-0.2, 0) is 29.0 Å². The number of thioether (sulfide) groups is 1. The SMILES string of the molecule is [C-]#[N+]C[C@H]1CN(c2nc(SC)nc3c2CCCN(C(=O)OC(C)(C)C)C3)CCN1C(=O)OCc1ccccc1. The Labute approximate surface area is 234 Å². The molecule has 2 aliphatic rings. The molecule has 0 aliphatic carbocycles. The van der Waals surface area contributed by atoms with E-state index in [0.717, 1.165) is 35.5 Å². The van der Waals surface area contributed by atoms with Crippen molar-refractivity contribution in [2.75, 3.05) is 43.9 Å². The minimum Gasteiger partial charge on any atom is -0.445 e. The van der Waals surface area contributed by atoms with Crippen LogP contribution in [-0.4, -0.2) is 82.6 Å². The van der Waals surface area contributed by atoms with Crippen molar-refractivity contribution in [3.05, 3.63) is 58.6 Å². The van der Waals surface area contributed by atoms with Crippen molar-refractivity contribution < 1.29 is 19.1 Å². The summed E-state index contributed by atoms with van der Waals surface area (Å²) in [6.07, 6.45) is 2.66. The first-order valence-corrected chi connectivity index (χ1v) is 14.4. The number of ether oxygens (including phenoxy) is 2. The third kappa shape index (κ3) is 7.32. The highest BCUT2D eigenvalue weighted by atomic mass is 32.2. The Kier molecular flexibility index (Phi) is 9.17. The molecule has 0 N–H and O–H groups in total. The molecule has 2 aliphatic heterocycles. The average Bonchev–Trinajstić information content (AvgIpc) is 3.14. The minimum absolute atomic E-state index is 0.173. The maximum atomic E-state index is 13.0. The zero-order valence-corrected chi connectivity index (χ0v) is 23.9. The van der Waals surface area contributed by atoms with E-state index in [4.69, 9.17) is 26.0 Å². The highest BCUT2D eigenvalue weighted by molar-refractivity contribution is 7.98. The molecular formula is C28H36N6O4S. The van der Waals surface area contributed by atoms with Gasteiger partial charge in [-0.05, 0) is 45.4 Å². The smallest absolute Gasteiger partial charge is 0.410 e. The molecule has 1 aromatic carbocycles. The van der Waals surface area contributed by atoms with Crippen molar-refractivity contribution in [3.8, 4) is 0 Å². The van der Waals surface area contributed by atoms with E-state index in [0.29, 0.717) is 37.9 Å². The first kappa shape index (κ1) is 28.5. The Morgan fingerprint density at radius 1 is 1.13 bits per heavy atom. The number of nitrogens with zero attached hydrogens (tertiary/aromatic N) is 6. The van der Waals surface area contributed by atoms with Gasteiger partial charge >= 0.3 is 12.2 Å². The topological polar surface area (TPSA) is 92.5 Å². The Hall–Kier alpha value is -3.52. The van der Waals surface area contributed by atoms with Gasteiger partial charge in [-0.15, -0.1) is 0 Å². The Morgan fingerprint density at radius 2 is 1.90 bits per heavy atom. The summed E-state index contributed by atoms with van der Waals surface area (Å²) in [6.45, 7) is 15.8. The van der Waals surface area contributed by atoms with E-state index in [1.807, 2.05) is 57.4 Å². The highest BCUT2D eigenvalue weighted by Gasteiger charge is 2.36. The molecule has 0 saturated carbocycles. The molecule has 10 nitrogen and oxygen atoms in total. The predicted octanol–water partition coefficient (Wildman–Crippen LogP) is 4.63. The summed E-state index contributed by atoms with van der Waals surface area (Å²) in [5.41, 5.74) is 2.17. The zero-order chi connectivity index (χ0) is 28.0. The summed E-state index contributed by atoms with van der Waals surface area (Å²) in [4.78, 5) is 44.6. The van der Waals surface area contributed by atoms with Gasteiger partial charge in [0.15, 0.2) is 5.16 Å². The number of amides is 2. The molecule has 2 aromatic rings. The minimum atomic E-state index is -0.576. The van der Waals surface area contributed by atoms with Crippen molar-refractivity contribution in [3.63, 3.8) is 0 Å². The second-order valence-electron chi connectivity index (χ2n) is 10.6. The normalized spacial score (nSPS) is 17.6. The second-order valence-corrected chi connectivity index (χ2v) is 11.4. The molecule has 0 unspecified atom stereocenters. The van der Waals surface area contributed by atoms with Crippen LogP contribution in [0.4, 0.5) is 15.4 Å². The summed E-state index contributed by atoms with van der Waals surface area (Å²) in [5.74, 6) is 0.822. The van der Waals surface area contributed by atoms with Gasteiger partial charge in [-0.2, -0.15) is 0 Å². The average molecular weight is 553 g/mol. The zero-order valence-electron chi connectivity index (χ0n) is 23.1. The number of hydrogen-bond acceptors (Lipinski definition) is 8. The van der Waals surface area contributed by atoms with Gasteiger partial charge < -0.3 is 24.1 Å². The van der Waals surface area contributed by atoms with E-state index >= 15 is 0 Å². The molecule has 0 radical (unpaired) electrons. The van der Waals surface area contributed by atoms with Crippen LogP contribution in [0.1, 0.15) is 44.0 Å². The monoisotopic (exact) mass is 552 g/mol. The van der Waals surface area contributed by atoms with Crippen LogP contribution in [0.2, 0.25) is 0 Å². The van der Waals surface area contributed by atoms with Crippen LogP contribution in [0, 0.1) is 6.57 Å². The predicted molar refractivity (Wildman–Crippen MR) is 150 cm³/mol. The molecule has 1 saturated heterocycles. The molecule has 39 heavy (non-hydrogen) atoms. The fraction of sp³-hybridized carbons (Fsp3) is 0.536. The van der Waals surface area contributed by atoms with Crippen molar-refractivity contribution in [2.45, 2.75) is 63.6 Å². The van der Waals surface area contributed by atoms with Gasteiger partial charge in [0.05, 0.1) is 12.2 Å². The van der Waals surface area contributed by atoms with E-state index in [9.17, 15) is 9.59 Å². The number of carbonyl (C=O) groups is 2. The van der Waals surface area contributed by atoms with Crippen LogP contribution in [0.15, 0.2) is 35.5 Å². The van der Waals surface area contributed by atoms with Crippen molar-refractivity contribution in [1.29, 1.82) is 0 Å². The van der Waals surface area contributed by atoms with E-state index in [-0.39, 0.29) is 25.3 Å². The standard InChI is InChI=1S/C28H36N6O4S/c1-28(2,3)38-26(35)33-13-9-12-22-23(18-33)30-25(39-5)31-24(22)32-14-15-34(21(17-32)16-29-4)27(36)37-19-20-10-7-6-8-11-20/h6-8,10-11,21H,9,12-19H2,1-3,5H3/t21-/m0/s1. The van der Waals surface area contributed by atoms with E-state index in [1.54, 1.807) is 9.80 Å². The summed E-state index contributed by atoms with van der Waals surface area (Å²) in [6, 6.07) is 9.23. The quantitative estimate of drug-likeness (QED) is 0.301. The van der Waals surface area contributed by atoms with Gasteiger partial charge in [0.1, 0.15) is 24.1 Å². The van der Waals surface area contributed by atoms with Gasteiger partial charge in [0.25, 0.3) is 0 Å². The van der Waals surface area contributed by atoms with Crippen LogP contribution in [0.5, 0.6) is 0 Å². The lowest BCUT2D eigenvalue weighted by Gasteiger charge is -2.39. The van der Waals surface area contributed by atoms with Gasteiger partial charge in [-0.3, -0.25) is 4.90 Å². The Bertz CT molecular complexity index is 1210. The molecule has 1 aromatic heterocycles. The van der Waals surface area contributed by atoms with Gasteiger partial charge in [-0.1, -0.05) is 42.1 Å². The van der Waals surface area contributed by atoms with E-state index < -0.39 is 11.7 Å². The third-order valence-electron chi connectivity index (χ3n) is 6.60. The number of rotatable bonds is 5. The fourth-order valence-electron chi connectivity index (χ4n) is 4.78. The largest absolute Gasteiger partial charge is 0.445 e. The van der Waals surface area contributed by atoms with E-state index in [2.05, 4.69) is 9.74 Å². The molecule has 208 valence electrons. The first-order chi connectivity index (χ1) is 18.7. The number of aromatic nitrogens is 2. The summed E-state index contributed by atoms with van der Waals surface area (Å²) in [5, 5.41) is 0.626. The van der Waals surface area contributed by atoms with Crippen LogP contribution < -0.4 is 4.90 Å². The molecule has 1 fully saturated rings. The molecule has 2 amide bonds. The molecule has 11 heteroatoms. The lowest BCUT2D eigenvalue weighted by molar-refractivity contribution is 0.0234. The van der Waals surface area contributed by atoms with Crippen molar-refractivity contribution in [1.82, 2.24) is 19.8 Å². The van der Waals surface area contributed by atoms with Crippen molar-refractivity contribution in [2.24, 2.45) is 0 Å². The molecule has 0 bridgehead atoms. The number of fused-ring (bicyclic) bond motifs is 1. The first-order valence-electron chi connectivity index (χ1n) is 13.2. The van der Waals surface area contributed by atoms with Gasteiger partial charge in [0, 0.05) is 31.7 Å². The molecule has 4 rings (SSSR count). The van der Waals surface area contributed by atoms with Crippen LogP contribution >= 0.6 is 11.8 Å². The summed E-state index contributed by atoms with van der Waals surface area (Å²) < 4.78 is 11.2. The number of anilines is 1. The summed E-state index contributed by atoms with van der Waals surface area (Å²) in [7, 11) is 0. The third-order valence-corrected chi connectivity index (χ3v) is 7.15. The maximum absolute atomic E-state index is 13.0. The lowest BCUT2D eigenvalue weighted by Crippen LogP contribution is -2.57. The number of piperazine rings is 1. The highest BCUT2D eigenvalue weighted by Crippen LogP contribution is 2.31. The summed E-state index contributed by atoms with van der Waals surface area (Å²) >= 11 is 1.45. The van der Waals surface area contributed by atoms with Crippen LogP contribution in [0.25, 0.3) is 4.85 Å². The Morgan fingerprint density at radius 3 is 2.59 bits per heavy atom. The molecule has 3 heterocycles.